The van der Waals surface area contributed by atoms with Gasteiger partial charge in [0.15, 0.2) is 0 Å². The quantitative estimate of drug-likeness (QED) is 0.727. The van der Waals surface area contributed by atoms with Crippen LogP contribution in [-0.2, 0) is 14.8 Å². The zero-order valence-electron chi connectivity index (χ0n) is 14.4. The number of carbonyl (C=O) groups excluding carboxylic acids is 1. The molecule has 1 amide bonds. The molecule has 2 rings (SSSR count). The van der Waals surface area contributed by atoms with Gasteiger partial charge in [-0.15, -0.1) is 0 Å². The van der Waals surface area contributed by atoms with Crippen molar-refractivity contribution in [3.8, 4) is 5.75 Å². The molecule has 0 spiro atoms. The summed E-state index contributed by atoms with van der Waals surface area (Å²) in [7, 11) is -3.31. The van der Waals surface area contributed by atoms with Crippen LogP contribution in [-0.4, -0.2) is 51.2 Å². The molecule has 1 unspecified atom stereocenters. The number of halogens is 2. The van der Waals surface area contributed by atoms with Gasteiger partial charge in [-0.25, -0.2) is 13.1 Å². The van der Waals surface area contributed by atoms with E-state index < -0.39 is 16.6 Å². The standard InChI is InChI=1S/C17H22F2N2O4S/c1-26(23,24)20-12-14-4-2-3-11-21(14)16(22)10-7-13-5-8-15(9-6-13)25-17(18)19/h5-10,14,17,20H,2-4,11-12H2,1H3/b10-7+. The molecule has 1 aliphatic rings. The van der Waals surface area contributed by atoms with Crippen LogP contribution in [0.5, 0.6) is 5.75 Å². The van der Waals surface area contributed by atoms with E-state index in [9.17, 15) is 22.0 Å². The van der Waals surface area contributed by atoms with Crippen LogP contribution < -0.4 is 9.46 Å². The molecule has 26 heavy (non-hydrogen) atoms. The molecule has 1 N–H and O–H groups in total. The Bertz CT molecular complexity index is 736. The van der Waals surface area contributed by atoms with Gasteiger partial charge >= 0.3 is 6.61 Å². The summed E-state index contributed by atoms with van der Waals surface area (Å²) in [4.78, 5) is 14.1. The number of likely N-dealkylation sites (tertiary alicyclic amines) is 1. The summed E-state index contributed by atoms with van der Waals surface area (Å²) in [5, 5.41) is 0. The van der Waals surface area contributed by atoms with Crippen LogP contribution in [0.25, 0.3) is 6.08 Å². The number of piperidine rings is 1. The molecule has 1 saturated heterocycles. The number of amides is 1. The summed E-state index contributed by atoms with van der Waals surface area (Å²) < 4.78 is 53.5. The van der Waals surface area contributed by atoms with Crippen molar-refractivity contribution in [2.24, 2.45) is 0 Å². The third kappa shape index (κ3) is 6.72. The Hall–Kier alpha value is -2.00. The molecule has 9 heteroatoms. The van der Waals surface area contributed by atoms with E-state index in [-0.39, 0.29) is 24.2 Å². The smallest absolute Gasteiger partial charge is 0.387 e. The number of benzene rings is 1. The van der Waals surface area contributed by atoms with Crippen molar-refractivity contribution in [2.75, 3.05) is 19.3 Å². The molecule has 0 radical (unpaired) electrons. The lowest BCUT2D eigenvalue weighted by Gasteiger charge is -2.35. The second-order valence-electron chi connectivity index (χ2n) is 6.08. The van der Waals surface area contributed by atoms with Crippen molar-refractivity contribution in [3.05, 3.63) is 35.9 Å². The number of hydrogen-bond acceptors (Lipinski definition) is 4. The Labute approximate surface area is 151 Å². The predicted molar refractivity (Wildman–Crippen MR) is 94.3 cm³/mol. The summed E-state index contributed by atoms with van der Waals surface area (Å²) in [5.74, 6) is -0.163. The minimum absolute atomic E-state index is 0.0476. The van der Waals surface area contributed by atoms with Gasteiger partial charge in [-0.2, -0.15) is 8.78 Å². The summed E-state index contributed by atoms with van der Waals surface area (Å²) in [6, 6.07) is 5.75. The maximum atomic E-state index is 12.5. The van der Waals surface area contributed by atoms with Crippen molar-refractivity contribution in [2.45, 2.75) is 31.9 Å². The third-order valence-corrected chi connectivity index (χ3v) is 4.71. The van der Waals surface area contributed by atoms with Crippen molar-refractivity contribution < 1.29 is 26.7 Å². The average molecular weight is 388 g/mol. The Morgan fingerprint density at radius 2 is 2.04 bits per heavy atom. The maximum Gasteiger partial charge on any atom is 0.387 e. The Balaban J connectivity index is 1.98. The molecule has 6 nitrogen and oxygen atoms in total. The molecular weight excluding hydrogens is 366 g/mol. The van der Waals surface area contributed by atoms with E-state index in [2.05, 4.69) is 9.46 Å². The van der Waals surface area contributed by atoms with Gasteiger partial charge in [-0.1, -0.05) is 12.1 Å². The number of nitrogens with zero attached hydrogens (tertiary/aromatic N) is 1. The number of hydrogen-bond donors (Lipinski definition) is 1. The van der Waals surface area contributed by atoms with Crippen molar-refractivity contribution in [3.63, 3.8) is 0 Å². The number of rotatable bonds is 7. The Kier molecular flexibility index (Phi) is 7.10. The van der Waals surface area contributed by atoms with Crippen LogP contribution in [0.15, 0.2) is 30.3 Å². The maximum absolute atomic E-state index is 12.5. The summed E-state index contributed by atoms with van der Waals surface area (Å²) >= 11 is 0. The molecule has 1 aliphatic heterocycles. The number of sulfonamides is 1. The van der Waals surface area contributed by atoms with E-state index in [4.69, 9.17) is 0 Å². The molecule has 1 aromatic carbocycles. The summed E-state index contributed by atoms with van der Waals surface area (Å²) in [6.45, 7) is -2.12. The highest BCUT2D eigenvalue weighted by atomic mass is 32.2. The van der Waals surface area contributed by atoms with Crippen LogP contribution in [0.3, 0.4) is 0 Å². The lowest BCUT2D eigenvalue weighted by atomic mass is 10.0. The van der Waals surface area contributed by atoms with Crippen LogP contribution in [0.4, 0.5) is 8.78 Å². The first kappa shape index (κ1) is 20.3. The topological polar surface area (TPSA) is 75.7 Å². The molecule has 1 aromatic rings. The van der Waals surface area contributed by atoms with Gasteiger partial charge in [-0.05, 0) is 43.0 Å². The Morgan fingerprint density at radius 1 is 1.35 bits per heavy atom. The van der Waals surface area contributed by atoms with Crippen LogP contribution >= 0.6 is 0 Å². The first-order valence-corrected chi connectivity index (χ1v) is 10.1. The fourth-order valence-corrected chi connectivity index (χ4v) is 3.27. The van der Waals surface area contributed by atoms with Gasteiger partial charge in [0.25, 0.3) is 0 Å². The minimum atomic E-state index is -3.31. The van der Waals surface area contributed by atoms with Crippen molar-refractivity contribution in [1.82, 2.24) is 9.62 Å². The Morgan fingerprint density at radius 3 is 2.65 bits per heavy atom. The van der Waals surface area contributed by atoms with Crippen molar-refractivity contribution in [1.29, 1.82) is 0 Å². The average Bonchev–Trinajstić information content (AvgIpc) is 2.58. The van der Waals surface area contributed by atoms with E-state index in [1.54, 1.807) is 23.1 Å². The van der Waals surface area contributed by atoms with Gasteiger partial charge in [0.2, 0.25) is 15.9 Å². The fourth-order valence-electron chi connectivity index (χ4n) is 2.77. The van der Waals surface area contributed by atoms with Gasteiger partial charge in [0.05, 0.1) is 6.26 Å². The largest absolute Gasteiger partial charge is 0.435 e. The number of carbonyl (C=O) groups is 1. The predicted octanol–water partition coefficient (Wildman–Crippen LogP) is 2.23. The zero-order valence-corrected chi connectivity index (χ0v) is 15.2. The van der Waals surface area contributed by atoms with Gasteiger partial charge in [-0.3, -0.25) is 4.79 Å². The molecule has 1 atom stereocenters. The van der Waals surface area contributed by atoms with Gasteiger partial charge in [0.1, 0.15) is 5.75 Å². The first-order valence-electron chi connectivity index (χ1n) is 8.23. The minimum Gasteiger partial charge on any atom is -0.435 e. The molecule has 1 fully saturated rings. The third-order valence-electron chi connectivity index (χ3n) is 4.01. The number of ether oxygens (including phenoxy) is 1. The zero-order chi connectivity index (χ0) is 19.2. The molecular formula is C17H22F2N2O4S. The van der Waals surface area contributed by atoms with Crippen molar-refractivity contribution >= 4 is 22.0 Å². The van der Waals surface area contributed by atoms with Crippen LogP contribution in [0, 0.1) is 0 Å². The SMILES string of the molecule is CS(=O)(=O)NCC1CCCCN1C(=O)/C=C/c1ccc(OC(F)F)cc1. The highest BCUT2D eigenvalue weighted by molar-refractivity contribution is 7.88. The first-order chi connectivity index (χ1) is 12.2. The van der Waals surface area contributed by atoms with E-state index in [0.29, 0.717) is 12.1 Å². The van der Waals surface area contributed by atoms with Gasteiger partial charge < -0.3 is 9.64 Å². The highest BCUT2D eigenvalue weighted by Crippen LogP contribution is 2.19. The lowest BCUT2D eigenvalue weighted by Crippen LogP contribution is -2.48. The van der Waals surface area contributed by atoms with E-state index in [1.165, 1.54) is 18.2 Å². The van der Waals surface area contributed by atoms with Crippen LogP contribution in [0.2, 0.25) is 0 Å². The number of alkyl halides is 2. The van der Waals surface area contributed by atoms with E-state index in [0.717, 1.165) is 25.5 Å². The van der Waals surface area contributed by atoms with Crippen LogP contribution in [0.1, 0.15) is 24.8 Å². The molecule has 144 valence electrons. The second-order valence-corrected chi connectivity index (χ2v) is 7.92. The summed E-state index contributed by atoms with van der Waals surface area (Å²) in [5.41, 5.74) is 0.669. The summed E-state index contributed by atoms with van der Waals surface area (Å²) in [6.07, 6.45) is 6.63. The second kappa shape index (κ2) is 9.09. The number of nitrogens with one attached hydrogen (secondary N) is 1. The molecule has 0 bridgehead atoms. The normalized spacial score (nSPS) is 18.5. The molecule has 0 aliphatic carbocycles. The lowest BCUT2D eigenvalue weighted by molar-refractivity contribution is -0.129. The van der Waals surface area contributed by atoms with Gasteiger partial charge in [0, 0.05) is 25.2 Å². The van der Waals surface area contributed by atoms with E-state index >= 15 is 0 Å². The monoisotopic (exact) mass is 388 g/mol. The highest BCUT2D eigenvalue weighted by Gasteiger charge is 2.25. The molecule has 0 saturated carbocycles. The molecule has 1 heterocycles. The van der Waals surface area contributed by atoms with E-state index in [1.807, 2.05) is 0 Å². The fraction of sp³-hybridized carbons (Fsp3) is 0.471. The molecule has 0 aromatic heterocycles.